The molecule has 2 aromatic carbocycles. The van der Waals surface area contributed by atoms with E-state index in [1.807, 2.05) is 0 Å². The lowest BCUT2D eigenvalue weighted by atomic mass is 9.70. The summed E-state index contributed by atoms with van der Waals surface area (Å²) in [5.74, 6) is -1.38. The molecule has 2 aliphatic heterocycles. The standard InChI is InChI=1S/C20H16BFN2O4/c21-20(8-7-17(25)23-19(20)27)24-10-15-14(18(24)26)5-2-6-16(15)28-11-12-3-1-4-13(22)9-12/h1-6,9H,7-8,10-11H2,(H,23,25,27). The highest BCUT2D eigenvalue weighted by Crippen LogP contribution is 2.36. The van der Waals surface area contributed by atoms with Crippen molar-refractivity contribution in [3.63, 3.8) is 0 Å². The lowest BCUT2D eigenvalue weighted by molar-refractivity contribution is -0.138. The summed E-state index contributed by atoms with van der Waals surface area (Å²) in [6.45, 7) is 0.219. The summed E-state index contributed by atoms with van der Waals surface area (Å²) < 4.78 is 19.2. The molecule has 1 unspecified atom stereocenters. The Morgan fingerprint density at radius 2 is 1.96 bits per heavy atom. The summed E-state index contributed by atoms with van der Waals surface area (Å²) in [5.41, 5.74) is 0.0630. The number of carbonyl (C=O) groups is 3. The van der Waals surface area contributed by atoms with Gasteiger partial charge in [0.2, 0.25) is 11.8 Å². The van der Waals surface area contributed by atoms with Gasteiger partial charge in [0.25, 0.3) is 5.91 Å². The van der Waals surface area contributed by atoms with E-state index < -0.39 is 23.2 Å². The fourth-order valence-corrected chi connectivity index (χ4v) is 3.52. The van der Waals surface area contributed by atoms with Crippen molar-refractivity contribution in [3.8, 4) is 5.75 Å². The number of hydrogen-bond donors (Lipinski definition) is 1. The molecule has 28 heavy (non-hydrogen) atoms. The zero-order valence-corrected chi connectivity index (χ0v) is 14.9. The summed E-state index contributed by atoms with van der Waals surface area (Å²) in [4.78, 5) is 37.9. The van der Waals surface area contributed by atoms with E-state index in [1.54, 1.807) is 30.3 Å². The number of amides is 3. The van der Waals surface area contributed by atoms with Crippen molar-refractivity contribution in [3.05, 3.63) is 65.0 Å². The van der Waals surface area contributed by atoms with Crippen molar-refractivity contribution in [1.29, 1.82) is 0 Å². The van der Waals surface area contributed by atoms with E-state index in [4.69, 9.17) is 12.6 Å². The van der Waals surface area contributed by atoms with Crippen LogP contribution in [0.3, 0.4) is 0 Å². The minimum Gasteiger partial charge on any atom is -0.489 e. The zero-order chi connectivity index (χ0) is 19.9. The predicted octanol–water partition coefficient (Wildman–Crippen LogP) is 1.66. The van der Waals surface area contributed by atoms with Crippen LogP contribution in [0.2, 0.25) is 0 Å². The van der Waals surface area contributed by atoms with E-state index in [1.165, 1.54) is 17.0 Å². The Hall–Kier alpha value is -3.16. The maximum absolute atomic E-state index is 13.3. The van der Waals surface area contributed by atoms with E-state index in [2.05, 4.69) is 5.32 Å². The van der Waals surface area contributed by atoms with Crippen LogP contribution in [0.4, 0.5) is 4.39 Å². The molecule has 4 rings (SSSR count). The predicted molar refractivity (Wildman–Crippen MR) is 97.9 cm³/mol. The van der Waals surface area contributed by atoms with E-state index in [9.17, 15) is 18.8 Å². The molecular formula is C20H16BFN2O4. The summed E-state index contributed by atoms with van der Waals surface area (Å²) in [5, 5.41) is 2.20. The Morgan fingerprint density at radius 3 is 2.71 bits per heavy atom. The SMILES string of the molecule is [B]C1(N2Cc3c(OCc4cccc(F)c4)cccc3C2=O)CCC(=O)NC1=O. The molecule has 0 aromatic heterocycles. The molecule has 2 aromatic rings. The topological polar surface area (TPSA) is 75.7 Å². The first kappa shape index (κ1) is 18.2. The molecule has 1 fully saturated rings. The number of piperidine rings is 1. The van der Waals surface area contributed by atoms with Crippen molar-refractivity contribution in [1.82, 2.24) is 10.2 Å². The first-order chi connectivity index (χ1) is 13.4. The van der Waals surface area contributed by atoms with Gasteiger partial charge in [0, 0.05) is 17.5 Å². The Bertz CT molecular complexity index is 996. The molecule has 0 saturated carbocycles. The quantitative estimate of drug-likeness (QED) is 0.649. The number of nitrogens with zero attached hydrogens (tertiary/aromatic N) is 1. The molecule has 1 saturated heterocycles. The molecule has 2 heterocycles. The highest BCUT2D eigenvalue weighted by molar-refractivity contribution is 6.32. The van der Waals surface area contributed by atoms with E-state index >= 15 is 0 Å². The smallest absolute Gasteiger partial charge is 0.254 e. The van der Waals surface area contributed by atoms with Crippen molar-refractivity contribution in [2.24, 2.45) is 0 Å². The average molecular weight is 378 g/mol. The molecule has 8 heteroatoms. The molecular weight excluding hydrogens is 362 g/mol. The molecule has 3 amide bonds. The Kier molecular flexibility index (Phi) is 4.41. The second-order valence-corrected chi connectivity index (χ2v) is 6.89. The largest absolute Gasteiger partial charge is 0.489 e. The molecule has 2 aliphatic rings. The maximum Gasteiger partial charge on any atom is 0.254 e. The molecule has 6 nitrogen and oxygen atoms in total. The number of nitrogens with one attached hydrogen (secondary N) is 1. The van der Waals surface area contributed by atoms with Crippen molar-refractivity contribution >= 4 is 25.6 Å². The fourth-order valence-electron chi connectivity index (χ4n) is 3.52. The number of halogens is 1. The van der Waals surface area contributed by atoms with Gasteiger partial charge in [-0.25, -0.2) is 4.39 Å². The van der Waals surface area contributed by atoms with Crippen LogP contribution in [0.5, 0.6) is 5.75 Å². The highest BCUT2D eigenvalue weighted by Gasteiger charge is 2.48. The van der Waals surface area contributed by atoms with E-state index in [0.29, 0.717) is 22.4 Å². The normalized spacial score (nSPS) is 21.5. The van der Waals surface area contributed by atoms with Gasteiger partial charge in [-0.05, 0) is 36.2 Å². The summed E-state index contributed by atoms with van der Waals surface area (Å²) >= 11 is 0. The average Bonchev–Trinajstić information content (AvgIpc) is 3.02. The van der Waals surface area contributed by atoms with Crippen LogP contribution in [0, 0.1) is 5.82 Å². The van der Waals surface area contributed by atoms with Crippen LogP contribution in [-0.2, 0) is 22.7 Å². The molecule has 1 N–H and O–H groups in total. The third-order valence-electron chi connectivity index (χ3n) is 5.07. The zero-order valence-electron chi connectivity index (χ0n) is 14.9. The van der Waals surface area contributed by atoms with Gasteiger partial charge in [-0.3, -0.25) is 19.7 Å². The van der Waals surface area contributed by atoms with Crippen LogP contribution in [-0.4, -0.2) is 35.9 Å². The maximum atomic E-state index is 13.3. The Labute approximate surface area is 162 Å². The third-order valence-corrected chi connectivity index (χ3v) is 5.07. The second-order valence-electron chi connectivity index (χ2n) is 6.89. The fraction of sp³-hybridized carbons (Fsp3) is 0.250. The third kappa shape index (κ3) is 3.04. The number of fused-ring (bicyclic) bond motifs is 1. The number of carbonyl (C=O) groups excluding carboxylic acids is 3. The van der Waals surface area contributed by atoms with Gasteiger partial charge in [0.15, 0.2) is 0 Å². The number of ether oxygens (including phenoxy) is 1. The Balaban J connectivity index is 1.58. The van der Waals surface area contributed by atoms with Crippen molar-refractivity contribution in [2.75, 3.05) is 0 Å². The van der Waals surface area contributed by atoms with Gasteiger partial charge < -0.3 is 9.64 Å². The minimum absolute atomic E-state index is 0.0525. The molecule has 2 radical (unpaired) electrons. The number of benzene rings is 2. The number of rotatable bonds is 4. The van der Waals surface area contributed by atoms with Crippen molar-refractivity contribution in [2.45, 2.75) is 31.4 Å². The Morgan fingerprint density at radius 1 is 1.18 bits per heavy atom. The number of imide groups is 1. The first-order valence-electron chi connectivity index (χ1n) is 8.83. The van der Waals surface area contributed by atoms with Gasteiger partial charge in [-0.2, -0.15) is 0 Å². The van der Waals surface area contributed by atoms with E-state index in [-0.39, 0.29) is 31.8 Å². The summed E-state index contributed by atoms with van der Waals surface area (Å²) in [7, 11) is 6.23. The van der Waals surface area contributed by atoms with Crippen LogP contribution < -0.4 is 10.1 Å². The van der Waals surface area contributed by atoms with Gasteiger partial charge in [0.05, 0.1) is 12.0 Å². The van der Waals surface area contributed by atoms with Crippen LogP contribution in [0.25, 0.3) is 0 Å². The van der Waals surface area contributed by atoms with Crippen LogP contribution >= 0.6 is 0 Å². The number of hydrogen-bond acceptors (Lipinski definition) is 4. The van der Waals surface area contributed by atoms with Gasteiger partial charge in [-0.15, -0.1) is 0 Å². The van der Waals surface area contributed by atoms with Gasteiger partial charge in [-0.1, -0.05) is 18.2 Å². The van der Waals surface area contributed by atoms with Crippen LogP contribution in [0.15, 0.2) is 42.5 Å². The minimum atomic E-state index is -1.59. The van der Waals surface area contributed by atoms with Gasteiger partial charge >= 0.3 is 0 Å². The molecule has 0 aliphatic carbocycles. The lowest BCUT2D eigenvalue weighted by Crippen LogP contribution is -2.63. The molecule has 140 valence electrons. The van der Waals surface area contributed by atoms with E-state index in [0.717, 1.165) is 0 Å². The first-order valence-corrected chi connectivity index (χ1v) is 8.83. The molecule has 1 atom stereocenters. The second kappa shape index (κ2) is 6.78. The molecule has 0 bridgehead atoms. The van der Waals surface area contributed by atoms with Crippen molar-refractivity contribution < 1.29 is 23.5 Å². The van der Waals surface area contributed by atoms with Gasteiger partial charge in [0.1, 0.15) is 26.0 Å². The summed E-state index contributed by atoms with van der Waals surface area (Å²) in [6.07, 6.45) is 0.113. The monoisotopic (exact) mass is 378 g/mol. The highest BCUT2D eigenvalue weighted by atomic mass is 19.1. The van der Waals surface area contributed by atoms with Crippen LogP contribution in [0.1, 0.15) is 34.3 Å². The summed E-state index contributed by atoms with van der Waals surface area (Å²) in [6, 6.07) is 11.1. The molecule has 0 spiro atoms. The lowest BCUT2D eigenvalue weighted by Gasteiger charge is -2.40.